The molecule has 0 aliphatic carbocycles. The van der Waals surface area contributed by atoms with Gasteiger partial charge in [0.15, 0.2) is 0 Å². The van der Waals surface area contributed by atoms with Crippen LogP contribution in [-0.2, 0) is 0 Å². The normalized spacial score (nSPS) is 10.2. The molecule has 0 saturated carbocycles. The Bertz CT molecular complexity index is 44.7. The van der Waals surface area contributed by atoms with E-state index in [4.69, 9.17) is 0 Å². The molecular weight excluding hydrogens is 236 g/mol. The van der Waals surface area contributed by atoms with Gasteiger partial charge in [0.2, 0.25) is 0 Å². The Labute approximate surface area is 78.7 Å². The Hall–Kier alpha value is 0.790. The van der Waals surface area contributed by atoms with Crippen LogP contribution in [0.15, 0.2) is 0 Å². The first-order valence-corrected chi connectivity index (χ1v) is 6.33. The van der Waals surface area contributed by atoms with Crippen LogP contribution in [-0.4, -0.2) is 22.3 Å². The van der Waals surface area contributed by atoms with Crippen molar-refractivity contribution in [2.45, 2.75) is 56.3 Å². The summed E-state index contributed by atoms with van der Waals surface area (Å²) < 4.78 is 1.42. The Kier molecular flexibility index (Phi) is 10.6. The monoisotopic (exact) mass is 258 g/mol. The molecule has 1 heteroatoms. The fourth-order valence-electron chi connectivity index (χ4n) is 1.07. The Balaban J connectivity index is 2.65. The van der Waals surface area contributed by atoms with Crippen molar-refractivity contribution in [3.8, 4) is 0 Å². The fourth-order valence-corrected chi connectivity index (χ4v) is 1.71. The van der Waals surface area contributed by atoms with Crippen molar-refractivity contribution in [2.24, 2.45) is 0 Å². The van der Waals surface area contributed by atoms with E-state index in [-0.39, 0.29) is 0 Å². The summed E-state index contributed by atoms with van der Waals surface area (Å²) in [5.74, 6) is 0. The van der Waals surface area contributed by atoms with Crippen molar-refractivity contribution in [3.63, 3.8) is 0 Å². The van der Waals surface area contributed by atoms with Gasteiger partial charge in [0.1, 0.15) is 0 Å². The predicted octanol–water partition coefficient (Wildman–Crippen LogP) is 3.06. The molecule has 0 rings (SSSR count). The topological polar surface area (TPSA) is 0 Å². The predicted molar refractivity (Wildman–Crippen MR) is 49.9 cm³/mol. The van der Waals surface area contributed by atoms with Crippen LogP contribution < -0.4 is 0 Å². The van der Waals surface area contributed by atoms with E-state index in [9.17, 15) is 0 Å². The Morgan fingerprint density at radius 2 is 1.30 bits per heavy atom. The van der Waals surface area contributed by atoms with E-state index in [0.717, 1.165) is 0 Å². The van der Waals surface area contributed by atoms with Crippen LogP contribution in [0.5, 0.6) is 0 Å². The second-order valence-electron chi connectivity index (χ2n) is 2.84. The number of unbranched alkanes of at least 4 members (excludes halogenated alkanes) is 6. The zero-order valence-electron chi connectivity index (χ0n) is 7.10. The van der Waals surface area contributed by atoms with Gasteiger partial charge in [-0.05, 0) is 0 Å². The minimum absolute atomic E-state index is 1.37. The van der Waals surface area contributed by atoms with Crippen LogP contribution in [0.1, 0.15) is 51.9 Å². The van der Waals surface area contributed by atoms with Gasteiger partial charge in [0, 0.05) is 0 Å². The van der Waals surface area contributed by atoms with Crippen molar-refractivity contribution < 1.29 is 0 Å². The van der Waals surface area contributed by atoms with Crippen molar-refractivity contribution in [1.82, 2.24) is 0 Å². The molecule has 0 nitrogen and oxygen atoms in total. The molecule has 0 amide bonds. The molecule has 0 aliphatic heterocycles. The van der Waals surface area contributed by atoms with Gasteiger partial charge in [-0.25, -0.2) is 0 Å². The summed E-state index contributed by atoms with van der Waals surface area (Å²) in [6.07, 6.45) is 10.1. The van der Waals surface area contributed by atoms with Crippen LogP contribution in [0.25, 0.3) is 0 Å². The summed E-state index contributed by atoms with van der Waals surface area (Å²) in [7, 11) is 0. The molecule has 0 N–H and O–H groups in total. The SMILES string of the molecule is CCCCCCCCC[TeH]. The van der Waals surface area contributed by atoms with Gasteiger partial charge in [0.05, 0.1) is 0 Å². The summed E-state index contributed by atoms with van der Waals surface area (Å²) >= 11 is 1.96. The van der Waals surface area contributed by atoms with Crippen molar-refractivity contribution in [2.75, 3.05) is 0 Å². The molecule has 62 valence electrons. The summed E-state index contributed by atoms with van der Waals surface area (Å²) in [4.78, 5) is 0. The van der Waals surface area contributed by atoms with E-state index in [1.807, 2.05) is 22.3 Å². The van der Waals surface area contributed by atoms with Crippen LogP contribution in [0.3, 0.4) is 0 Å². The zero-order valence-corrected chi connectivity index (χ0v) is 9.66. The minimum atomic E-state index is 1.37. The average Bonchev–Trinajstić information content (AvgIpc) is 1.97. The van der Waals surface area contributed by atoms with E-state index in [1.54, 1.807) is 0 Å². The first-order chi connectivity index (χ1) is 4.91. The standard InChI is InChI=1S/C9H20Te/c1-2-3-4-5-6-7-8-9-10/h10H,2-9H2,1H3. The van der Waals surface area contributed by atoms with Crippen LogP contribution in [0.2, 0.25) is 4.47 Å². The van der Waals surface area contributed by atoms with Crippen molar-refractivity contribution in [3.05, 3.63) is 0 Å². The van der Waals surface area contributed by atoms with E-state index in [1.165, 1.54) is 49.4 Å². The maximum atomic E-state index is 2.27. The second-order valence-corrected chi connectivity index (χ2v) is 4.12. The third-order valence-electron chi connectivity index (χ3n) is 1.76. The first kappa shape index (κ1) is 10.8. The maximum absolute atomic E-state index is 2.27. The molecule has 0 aromatic heterocycles. The van der Waals surface area contributed by atoms with Gasteiger partial charge < -0.3 is 0 Å². The molecule has 0 atom stereocenters. The summed E-state index contributed by atoms with van der Waals surface area (Å²) in [6.45, 7) is 2.27. The average molecular weight is 256 g/mol. The molecule has 0 spiro atoms. The van der Waals surface area contributed by atoms with Crippen LogP contribution in [0, 0.1) is 0 Å². The van der Waals surface area contributed by atoms with Crippen molar-refractivity contribution in [1.29, 1.82) is 0 Å². The molecule has 0 unspecified atom stereocenters. The molecule has 0 fully saturated rings. The van der Waals surface area contributed by atoms with Gasteiger partial charge in [0.25, 0.3) is 0 Å². The first-order valence-electron chi connectivity index (χ1n) is 4.52. The molecule has 0 heterocycles. The zero-order chi connectivity index (χ0) is 7.66. The Morgan fingerprint density at radius 1 is 0.800 bits per heavy atom. The number of rotatable bonds is 7. The van der Waals surface area contributed by atoms with E-state index in [2.05, 4.69) is 6.92 Å². The molecular formula is C9H20Te. The summed E-state index contributed by atoms with van der Waals surface area (Å²) in [5, 5.41) is 0. The summed E-state index contributed by atoms with van der Waals surface area (Å²) in [5.41, 5.74) is 0. The number of hydrogen-bond donors (Lipinski definition) is 0. The van der Waals surface area contributed by atoms with E-state index >= 15 is 0 Å². The van der Waals surface area contributed by atoms with Crippen LogP contribution >= 0.6 is 0 Å². The third kappa shape index (κ3) is 8.79. The molecule has 0 aromatic rings. The fraction of sp³-hybridized carbons (Fsp3) is 1.00. The molecule has 0 radical (unpaired) electrons. The van der Waals surface area contributed by atoms with Gasteiger partial charge >= 0.3 is 78.6 Å². The molecule has 10 heavy (non-hydrogen) atoms. The van der Waals surface area contributed by atoms with Gasteiger partial charge in [-0.2, -0.15) is 0 Å². The Morgan fingerprint density at radius 3 is 1.80 bits per heavy atom. The van der Waals surface area contributed by atoms with Crippen LogP contribution in [0.4, 0.5) is 0 Å². The number of hydrogen-bond acceptors (Lipinski definition) is 0. The molecule has 0 aromatic carbocycles. The van der Waals surface area contributed by atoms with Gasteiger partial charge in [-0.3, -0.25) is 0 Å². The summed E-state index contributed by atoms with van der Waals surface area (Å²) in [6, 6.07) is 0. The molecule has 0 aliphatic rings. The third-order valence-corrected chi connectivity index (χ3v) is 2.66. The van der Waals surface area contributed by atoms with Crippen molar-refractivity contribution >= 4 is 22.3 Å². The van der Waals surface area contributed by atoms with E-state index < -0.39 is 0 Å². The molecule has 0 bridgehead atoms. The molecule has 0 saturated heterocycles. The van der Waals surface area contributed by atoms with Gasteiger partial charge in [-0.15, -0.1) is 0 Å². The quantitative estimate of drug-likeness (QED) is 0.485. The van der Waals surface area contributed by atoms with E-state index in [0.29, 0.717) is 0 Å². The second kappa shape index (κ2) is 9.79. The van der Waals surface area contributed by atoms with Gasteiger partial charge in [-0.1, -0.05) is 0 Å².